The van der Waals surface area contributed by atoms with Gasteiger partial charge in [0.2, 0.25) is 11.7 Å². The third kappa shape index (κ3) is 22.7. The first kappa shape index (κ1) is 42.6. The molecule has 0 saturated carbocycles. The van der Waals surface area contributed by atoms with Gasteiger partial charge in [0.25, 0.3) is 5.91 Å². The summed E-state index contributed by atoms with van der Waals surface area (Å²) in [6, 6.07) is 5.46. The number of carbonyl (C=O) groups excluding carboxylic acids is 6. The molecule has 13 nitrogen and oxygen atoms in total. The fourth-order valence-electron chi connectivity index (χ4n) is 4.03. The van der Waals surface area contributed by atoms with Gasteiger partial charge in [0.1, 0.15) is 0 Å². The Morgan fingerprint density at radius 2 is 1.55 bits per heavy atom. The predicted molar refractivity (Wildman–Crippen MR) is 171 cm³/mol. The Bertz CT molecular complexity index is 1270. The Kier molecular flexibility index (Phi) is 21.7. The predicted octanol–water partition coefficient (Wildman–Crippen LogP) is 3.58. The maximum absolute atomic E-state index is 12.6. The van der Waals surface area contributed by atoms with Crippen LogP contribution in [0, 0.1) is 29.1 Å². The van der Waals surface area contributed by atoms with Crippen LogP contribution in [0.25, 0.3) is 0 Å². The fourth-order valence-corrected chi connectivity index (χ4v) is 4.03. The van der Waals surface area contributed by atoms with Crippen LogP contribution in [0.3, 0.4) is 0 Å². The smallest absolute Gasteiger partial charge is 0.373 e. The molecule has 3 N–H and O–H groups in total. The van der Waals surface area contributed by atoms with Gasteiger partial charge in [-0.3, -0.25) is 24.0 Å². The molecule has 2 amide bonds. The fraction of sp³-hybridized carbons (Fsp3) is 0.588. The second-order valence-electron chi connectivity index (χ2n) is 12.0. The van der Waals surface area contributed by atoms with Crippen molar-refractivity contribution in [1.82, 2.24) is 5.32 Å². The van der Waals surface area contributed by atoms with Crippen molar-refractivity contribution in [2.75, 3.05) is 38.3 Å². The maximum Gasteiger partial charge on any atom is 0.373 e. The number of carboxylic acids is 1. The molecular formula is C34H48N2O11. The number of anilines is 1. The van der Waals surface area contributed by atoms with E-state index in [2.05, 4.69) is 57.1 Å². The molecule has 0 heterocycles. The molecule has 0 spiro atoms. The number of aliphatic carboxylic acids is 1. The van der Waals surface area contributed by atoms with Crippen LogP contribution in [-0.2, 0) is 49.5 Å². The largest absolute Gasteiger partial charge is 0.481 e. The summed E-state index contributed by atoms with van der Waals surface area (Å²) < 4.78 is 15.8. The summed E-state index contributed by atoms with van der Waals surface area (Å²) in [7, 11) is 0. The molecule has 260 valence electrons. The van der Waals surface area contributed by atoms with E-state index in [-0.39, 0.29) is 75.5 Å². The first-order chi connectivity index (χ1) is 22.1. The van der Waals surface area contributed by atoms with E-state index in [4.69, 9.17) is 28.9 Å². The van der Waals surface area contributed by atoms with Crippen molar-refractivity contribution in [3.63, 3.8) is 0 Å². The molecule has 1 unspecified atom stereocenters. The minimum absolute atomic E-state index is 0.0457. The van der Waals surface area contributed by atoms with Gasteiger partial charge < -0.3 is 30.0 Å². The number of amides is 2. The highest BCUT2D eigenvalue weighted by atomic mass is 16.5. The number of nitrogens with one attached hydrogen (secondary N) is 2. The lowest BCUT2D eigenvalue weighted by atomic mass is 9.76. The number of esters is 1. The molecule has 0 aliphatic carbocycles. The number of ketones is 1. The van der Waals surface area contributed by atoms with Gasteiger partial charge in [0.05, 0.1) is 38.3 Å². The lowest BCUT2D eigenvalue weighted by Gasteiger charge is -2.29. The number of carboxylic acid groups (broad SMARTS) is 1. The van der Waals surface area contributed by atoms with E-state index in [1.807, 2.05) is 12.1 Å². The van der Waals surface area contributed by atoms with Crippen molar-refractivity contribution in [1.29, 1.82) is 0 Å². The Labute approximate surface area is 276 Å². The first-order valence-corrected chi connectivity index (χ1v) is 15.4. The number of benzene rings is 1. The van der Waals surface area contributed by atoms with Gasteiger partial charge in [-0.25, -0.2) is 0 Å². The van der Waals surface area contributed by atoms with Crippen LogP contribution in [0.2, 0.25) is 0 Å². The van der Waals surface area contributed by atoms with Crippen molar-refractivity contribution in [2.45, 2.75) is 80.1 Å². The normalized spacial score (nSPS) is 11.7. The average Bonchev–Trinajstić information content (AvgIpc) is 2.96. The molecule has 0 radical (unpaired) electrons. The van der Waals surface area contributed by atoms with Crippen LogP contribution < -0.4 is 15.4 Å². The Balaban J connectivity index is 0.00000677. The molecule has 0 aliphatic rings. The van der Waals surface area contributed by atoms with Crippen LogP contribution >= 0.6 is 0 Å². The van der Waals surface area contributed by atoms with Crippen molar-refractivity contribution in [3.05, 3.63) is 23.8 Å². The molecule has 1 aromatic rings. The van der Waals surface area contributed by atoms with Gasteiger partial charge in [0.15, 0.2) is 5.75 Å². The summed E-state index contributed by atoms with van der Waals surface area (Å²) in [4.78, 5) is 74.3. The quantitative estimate of drug-likeness (QED) is 0.0646. The van der Waals surface area contributed by atoms with Crippen LogP contribution in [0.1, 0.15) is 79.2 Å². The van der Waals surface area contributed by atoms with Crippen LogP contribution in [-0.4, -0.2) is 73.8 Å². The van der Waals surface area contributed by atoms with Crippen molar-refractivity contribution >= 4 is 41.4 Å². The van der Waals surface area contributed by atoms with Gasteiger partial charge in [0, 0.05) is 32.4 Å². The van der Waals surface area contributed by atoms with Crippen molar-refractivity contribution in [3.8, 4) is 17.6 Å². The molecular weight excluding hydrogens is 612 g/mol. The van der Waals surface area contributed by atoms with Gasteiger partial charge in [-0.05, 0) is 60.1 Å². The molecule has 0 bridgehead atoms. The lowest BCUT2D eigenvalue weighted by molar-refractivity contribution is -0.191. The van der Waals surface area contributed by atoms with Gasteiger partial charge in [-0.1, -0.05) is 40.7 Å². The molecule has 1 rings (SSSR count). The topological polar surface area (TPSA) is 191 Å². The number of hydrogen-bond acceptors (Lipinski definition) is 10. The molecule has 13 heteroatoms. The Morgan fingerprint density at radius 1 is 0.915 bits per heavy atom. The van der Waals surface area contributed by atoms with E-state index in [9.17, 15) is 24.0 Å². The highest BCUT2D eigenvalue weighted by Crippen LogP contribution is 2.33. The number of hydrogen-bond donors (Lipinski definition) is 3. The highest BCUT2D eigenvalue weighted by molar-refractivity contribution is 6.03. The standard InChI is InChI=1S/C33H48N2O9.CO2/c1-23(20-24(2)33(4,5)6)21-26-9-11-29(44-25(3)36)28(22-26)35-31(39)13-17-42-16-7-8-27(37)10-12-30(38)34-15-19-43-18-14-32(40)41;2-1-3/h9,11,22-24H,7-8,13-21H2,1-6H3,(H,34,38)(H,35,39)(H,40,41);/t23-,24?;/m1./s1. The van der Waals surface area contributed by atoms with Crippen LogP contribution in [0.5, 0.6) is 5.75 Å². The lowest BCUT2D eigenvalue weighted by Crippen LogP contribution is -2.26. The van der Waals surface area contributed by atoms with Gasteiger partial charge >= 0.3 is 18.1 Å². The van der Waals surface area contributed by atoms with Crippen LogP contribution in [0.4, 0.5) is 5.69 Å². The Morgan fingerprint density at radius 3 is 2.17 bits per heavy atom. The number of Topliss-reactive ketones (excluding diaryl/α,β-unsaturated/α-hetero) is 1. The molecule has 2 atom stereocenters. The highest BCUT2D eigenvalue weighted by Gasteiger charge is 2.22. The third-order valence-corrected chi connectivity index (χ3v) is 6.86. The monoisotopic (exact) mass is 660 g/mol. The SMILES string of the molecule is CC(=O)Oc1ccc(C[C@H](C)CC(C)C(C)(C)C)cc1NC(=O)CCOCCCC(=O)C#CC(=O)NCCOCCC(=O)O.O=C=O. The molecule has 0 saturated heterocycles. The molecule has 1 aromatic carbocycles. The average molecular weight is 661 g/mol. The number of carbonyl (C=O) groups is 5. The van der Waals surface area contributed by atoms with E-state index in [1.54, 1.807) is 6.07 Å². The summed E-state index contributed by atoms with van der Waals surface area (Å²) in [6.45, 7) is 13.2. The van der Waals surface area contributed by atoms with E-state index < -0.39 is 23.6 Å². The summed E-state index contributed by atoms with van der Waals surface area (Å²) in [5.74, 6) is 2.92. The molecule has 0 aliphatic heterocycles. The maximum atomic E-state index is 12.6. The first-order valence-electron chi connectivity index (χ1n) is 15.4. The van der Waals surface area contributed by atoms with E-state index >= 15 is 0 Å². The number of rotatable bonds is 19. The molecule has 0 fully saturated rings. The zero-order chi connectivity index (χ0) is 35.8. The zero-order valence-electron chi connectivity index (χ0n) is 28.2. The van der Waals surface area contributed by atoms with Crippen molar-refractivity contribution < 1.29 is 52.9 Å². The Hall–Kier alpha value is -4.37. The van der Waals surface area contributed by atoms with E-state index in [1.165, 1.54) is 6.92 Å². The number of ether oxygens (including phenoxy) is 3. The summed E-state index contributed by atoms with van der Waals surface area (Å²) in [5, 5.41) is 13.8. The minimum Gasteiger partial charge on any atom is -0.481 e. The zero-order valence-corrected chi connectivity index (χ0v) is 28.2. The second-order valence-corrected chi connectivity index (χ2v) is 12.0. The van der Waals surface area contributed by atoms with Gasteiger partial charge in [-0.15, -0.1) is 0 Å². The summed E-state index contributed by atoms with van der Waals surface area (Å²) >= 11 is 0. The summed E-state index contributed by atoms with van der Waals surface area (Å²) in [5.41, 5.74) is 1.69. The third-order valence-electron chi connectivity index (χ3n) is 6.86. The van der Waals surface area contributed by atoms with Gasteiger partial charge in [-0.2, -0.15) is 9.59 Å². The van der Waals surface area contributed by atoms with Crippen LogP contribution in [0.15, 0.2) is 18.2 Å². The van der Waals surface area contributed by atoms with E-state index in [0.717, 1.165) is 18.4 Å². The minimum atomic E-state index is -0.968. The summed E-state index contributed by atoms with van der Waals surface area (Å²) in [6.07, 6.45) is 2.55. The molecule has 47 heavy (non-hydrogen) atoms. The second kappa shape index (κ2) is 23.9. The van der Waals surface area contributed by atoms with E-state index in [0.29, 0.717) is 23.9 Å². The molecule has 0 aromatic heterocycles. The van der Waals surface area contributed by atoms with Crippen molar-refractivity contribution in [2.24, 2.45) is 17.3 Å².